The average molecular weight is 382 g/mol. The highest BCUT2D eigenvalue weighted by Gasteiger charge is 2.40. The molecular weight excluding hydrogens is 361 g/mol. The van der Waals surface area contributed by atoms with Crippen molar-refractivity contribution < 1.29 is 31.5 Å². The van der Waals surface area contributed by atoms with Crippen LogP contribution in [0.4, 0.5) is 18.0 Å². The highest BCUT2D eigenvalue weighted by Crippen LogP contribution is 2.38. The molecule has 0 radical (unpaired) electrons. The fourth-order valence-electron chi connectivity index (χ4n) is 2.50. The van der Waals surface area contributed by atoms with E-state index in [9.17, 15) is 31.5 Å². The molecule has 10 heteroatoms. The number of alkyl halides is 3. The summed E-state index contributed by atoms with van der Waals surface area (Å²) in [6.07, 6.45) is -5.31. The van der Waals surface area contributed by atoms with Crippen LogP contribution in [0.1, 0.15) is 37.9 Å². The highest BCUT2D eigenvalue weighted by atomic mass is 32.2. The van der Waals surface area contributed by atoms with Gasteiger partial charge >= 0.3 is 12.3 Å². The Morgan fingerprint density at radius 3 is 2.16 bits per heavy atom. The molecule has 0 aliphatic carbocycles. The lowest BCUT2D eigenvalue weighted by Crippen LogP contribution is -2.50. The van der Waals surface area contributed by atoms with Crippen LogP contribution in [0.3, 0.4) is 0 Å². The van der Waals surface area contributed by atoms with Gasteiger partial charge in [0.1, 0.15) is 0 Å². The van der Waals surface area contributed by atoms with E-state index in [0.29, 0.717) is 0 Å². The SMILES string of the molecule is CC(C)(C)N(C(=O)O)C(CNS(C)(=O)=O)c1ccccc1C(F)(F)F. The second-order valence-electron chi connectivity index (χ2n) is 6.54. The van der Waals surface area contributed by atoms with Crippen LogP contribution in [0.25, 0.3) is 0 Å². The Kier molecular flexibility index (Phi) is 6.12. The lowest BCUT2D eigenvalue weighted by molar-refractivity contribution is -0.139. The number of nitrogens with zero attached hydrogens (tertiary/aromatic N) is 1. The van der Waals surface area contributed by atoms with E-state index in [0.717, 1.165) is 23.3 Å². The summed E-state index contributed by atoms with van der Waals surface area (Å²) in [6, 6.07) is 3.17. The van der Waals surface area contributed by atoms with Gasteiger partial charge in [-0.05, 0) is 32.4 Å². The number of halogens is 3. The standard InChI is InChI=1S/C15H21F3N2O4S/c1-14(2,3)20(13(21)22)12(9-19-25(4,23)24)10-7-5-6-8-11(10)15(16,17)18/h5-8,12,19H,9H2,1-4H3,(H,21,22). The van der Waals surface area contributed by atoms with Gasteiger partial charge in [-0.25, -0.2) is 17.9 Å². The fraction of sp³-hybridized carbons (Fsp3) is 0.533. The molecule has 1 aromatic carbocycles. The third-order valence-corrected chi connectivity index (χ3v) is 4.10. The number of benzene rings is 1. The Hall–Kier alpha value is -1.81. The van der Waals surface area contributed by atoms with Gasteiger partial charge in [0.15, 0.2) is 0 Å². The Morgan fingerprint density at radius 1 is 1.24 bits per heavy atom. The number of rotatable bonds is 5. The van der Waals surface area contributed by atoms with Gasteiger partial charge in [0.05, 0.1) is 17.9 Å². The minimum atomic E-state index is -4.71. The van der Waals surface area contributed by atoms with Gasteiger partial charge in [-0.15, -0.1) is 0 Å². The van der Waals surface area contributed by atoms with Crippen molar-refractivity contribution in [2.24, 2.45) is 0 Å². The number of carbonyl (C=O) groups is 1. The quantitative estimate of drug-likeness (QED) is 0.819. The van der Waals surface area contributed by atoms with Crippen molar-refractivity contribution in [2.75, 3.05) is 12.8 Å². The van der Waals surface area contributed by atoms with Crippen LogP contribution in [-0.4, -0.2) is 42.9 Å². The molecule has 0 spiro atoms. The van der Waals surface area contributed by atoms with Crippen LogP contribution in [0.2, 0.25) is 0 Å². The van der Waals surface area contributed by atoms with Crippen molar-refractivity contribution >= 4 is 16.1 Å². The molecule has 1 rings (SSSR count). The molecule has 142 valence electrons. The molecule has 1 unspecified atom stereocenters. The lowest BCUT2D eigenvalue weighted by Gasteiger charge is -2.40. The van der Waals surface area contributed by atoms with E-state index in [1.165, 1.54) is 32.9 Å². The van der Waals surface area contributed by atoms with Crippen molar-refractivity contribution in [3.05, 3.63) is 35.4 Å². The van der Waals surface area contributed by atoms with E-state index in [2.05, 4.69) is 4.72 Å². The van der Waals surface area contributed by atoms with Crippen molar-refractivity contribution in [3.63, 3.8) is 0 Å². The van der Waals surface area contributed by atoms with E-state index in [4.69, 9.17) is 0 Å². The summed E-state index contributed by atoms with van der Waals surface area (Å²) in [5.41, 5.74) is -2.39. The van der Waals surface area contributed by atoms with Crippen molar-refractivity contribution in [3.8, 4) is 0 Å². The molecule has 1 amide bonds. The van der Waals surface area contributed by atoms with Crippen LogP contribution in [-0.2, 0) is 16.2 Å². The predicted molar refractivity (Wildman–Crippen MR) is 86.6 cm³/mol. The van der Waals surface area contributed by atoms with Crippen LogP contribution < -0.4 is 4.72 Å². The summed E-state index contributed by atoms with van der Waals surface area (Å²) in [6.45, 7) is 4.04. The molecular formula is C15H21F3N2O4S. The first-order chi connectivity index (χ1) is 11.1. The van der Waals surface area contributed by atoms with Crippen molar-refractivity contribution in [2.45, 2.75) is 38.5 Å². The monoisotopic (exact) mass is 382 g/mol. The molecule has 0 saturated heterocycles. The molecule has 6 nitrogen and oxygen atoms in total. The smallest absolute Gasteiger partial charge is 0.416 e. The van der Waals surface area contributed by atoms with Gasteiger partial charge in [0, 0.05) is 12.1 Å². The number of hydrogen-bond donors (Lipinski definition) is 2. The second kappa shape index (κ2) is 7.20. The summed E-state index contributed by atoms with van der Waals surface area (Å²) < 4.78 is 64.9. The van der Waals surface area contributed by atoms with Gasteiger partial charge in [-0.1, -0.05) is 18.2 Å². The lowest BCUT2D eigenvalue weighted by atomic mass is 9.94. The Bertz CT molecular complexity index is 727. The van der Waals surface area contributed by atoms with Crippen molar-refractivity contribution in [1.29, 1.82) is 0 Å². The topological polar surface area (TPSA) is 86.7 Å². The first-order valence-corrected chi connectivity index (χ1v) is 9.17. The van der Waals surface area contributed by atoms with Crippen LogP contribution >= 0.6 is 0 Å². The van der Waals surface area contributed by atoms with Crippen LogP contribution in [0, 0.1) is 0 Å². The number of sulfonamides is 1. The summed E-state index contributed by atoms with van der Waals surface area (Å²) in [4.78, 5) is 12.5. The average Bonchev–Trinajstić information content (AvgIpc) is 2.39. The first kappa shape index (κ1) is 21.2. The summed E-state index contributed by atoms with van der Waals surface area (Å²) in [5.74, 6) is 0. The van der Waals surface area contributed by atoms with Gasteiger partial charge in [-0.3, -0.25) is 4.90 Å². The maximum Gasteiger partial charge on any atom is 0.416 e. The van der Waals surface area contributed by atoms with E-state index < -0.39 is 46.0 Å². The van der Waals surface area contributed by atoms with Gasteiger partial charge < -0.3 is 5.11 Å². The van der Waals surface area contributed by atoms with Crippen LogP contribution in [0.15, 0.2) is 24.3 Å². The molecule has 2 N–H and O–H groups in total. The molecule has 0 aliphatic heterocycles. The molecule has 1 aromatic rings. The first-order valence-electron chi connectivity index (χ1n) is 7.27. The molecule has 0 saturated carbocycles. The second-order valence-corrected chi connectivity index (χ2v) is 8.38. The maximum absolute atomic E-state index is 13.3. The van der Waals surface area contributed by atoms with E-state index in [1.54, 1.807) is 0 Å². The van der Waals surface area contributed by atoms with Gasteiger partial charge in [0.25, 0.3) is 0 Å². The molecule has 0 aromatic heterocycles. The number of hydrogen-bond acceptors (Lipinski definition) is 3. The molecule has 0 aliphatic rings. The number of amides is 1. The van der Waals surface area contributed by atoms with E-state index >= 15 is 0 Å². The zero-order chi connectivity index (χ0) is 19.6. The summed E-state index contributed by atoms with van der Waals surface area (Å²) in [5, 5.41) is 9.53. The maximum atomic E-state index is 13.3. The molecule has 0 fully saturated rings. The number of nitrogens with one attached hydrogen (secondary N) is 1. The zero-order valence-electron chi connectivity index (χ0n) is 14.3. The predicted octanol–water partition coefficient (Wildman–Crippen LogP) is 3.07. The minimum Gasteiger partial charge on any atom is -0.465 e. The Balaban J connectivity index is 3.55. The van der Waals surface area contributed by atoms with Crippen molar-refractivity contribution in [1.82, 2.24) is 9.62 Å². The largest absolute Gasteiger partial charge is 0.465 e. The normalized spacial score (nSPS) is 14.2. The Labute approximate surface area is 144 Å². The highest BCUT2D eigenvalue weighted by molar-refractivity contribution is 7.88. The van der Waals surface area contributed by atoms with E-state index in [1.807, 2.05) is 0 Å². The molecule has 0 heterocycles. The number of carboxylic acid groups (broad SMARTS) is 1. The van der Waals surface area contributed by atoms with E-state index in [-0.39, 0.29) is 5.56 Å². The summed E-state index contributed by atoms with van der Waals surface area (Å²) >= 11 is 0. The van der Waals surface area contributed by atoms with Gasteiger partial charge in [0.2, 0.25) is 10.0 Å². The third-order valence-electron chi connectivity index (χ3n) is 3.40. The third kappa shape index (κ3) is 5.89. The molecule has 0 bridgehead atoms. The Morgan fingerprint density at radius 2 is 1.76 bits per heavy atom. The fourth-order valence-corrected chi connectivity index (χ4v) is 2.96. The van der Waals surface area contributed by atoms with Gasteiger partial charge in [-0.2, -0.15) is 13.2 Å². The zero-order valence-corrected chi connectivity index (χ0v) is 15.1. The molecule has 1 atom stereocenters. The molecule has 25 heavy (non-hydrogen) atoms. The minimum absolute atomic E-state index is 0.316. The summed E-state index contributed by atoms with van der Waals surface area (Å²) in [7, 11) is -3.73. The van der Waals surface area contributed by atoms with Crippen LogP contribution in [0.5, 0.6) is 0 Å².